The quantitative estimate of drug-likeness (QED) is 0.640. The van der Waals surface area contributed by atoms with Crippen LogP contribution in [0.3, 0.4) is 0 Å². The predicted molar refractivity (Wildman–Crippen MR) is 79.8 cm³/mol. The second-order valence-electron chi connectivity index (χ2n) is 8.78. The summed E-state index contributed by atoms with van der Waals surface area (Å²) in [6, 6.07) is 0.600. The molecule has 0 saturated carbocycles. The van der Waals surface area contributed by atoms with Crippen LogP contribution >= 0.6 is 0 Å². The van der Waals surface area contributed by atoms with Crippen LogP contribution in [-0.4, -0.2) is 39.4 Å². The first-order valence-corrected chi connectivity index (χ1v) is 7.32. The van der Waals surface area contributed by atoms with Crippen LogP contribution in [0.15, 0.2) is 4.99 Å². The van der Waals surface area contributed by atoms with Gasteiger partial charge in [-0.1, -0.05) is 20.8 Å². The molecule has 2 aliphatic rings. The Morgan fingerprint density at radius 1 is 0.900 bits per heavy atom. The fourth-order valence-electron chi connectivity index (χ4n) is 2.73. The van der Waals surface area contributed by atoms with Crippen LogP contribution in [0, 0.1) is 5.41 Å². The molecule has 2 rings (SSSR count). The first-order valence-electron chi connectivity index (χ1n) is 7.32. The molecule has 20 heavy (non-hydrogen) atoms. The van der Waals surface area contributed by atoms with E-state index in [4.69, 9.17) is 14.8 Å². The zero-order chi connectivity index (χ0) is 15.5. The van der Waals surface area contributed by atoms with Crippen molar-refractivity contribution in [3.8, 4) is 0 Å². The number of amidine groups is 1. The van der Waals surface area contributed by atoms with Gasteiger partial charge in [-0.05, 0) is 47.0 Å². The van der Waals surface area contributed by atoms with Crippen molar-refractivity contribution in [1.29, 1.82) is 0 Å². The van der Waals surface area contributed by atoms with Gasteiger partial charge >= 0.3 is 6.02 Å². The molecule has 116 valence electrons. The van der Waals surface area contributed by atoms with Gasteiger partial charge in [0.25, 0.3) is 0 Å². The summed E-state index contributed by atoms with van der Waals surface area (Å²) in [7, 11) is 0. The molecule has 2 bridgehead atoms. The van der Waals surface area contributed by atoms with E-state index in [0.29, 0.717) is 6.02 Å². The number of fused-ring (bicyclic) bond motifs is 2. The van der Waals surface area contributed by atoms with Crippen molar-refractivity contribution in [2.75, 3.05) is 0 Å². The molecule has 0 amide bonds. The van der Waals surface area contributed by atoms with Crippen LogP contribution in [0.1, 0.15) is 62.3 Å². The van der Waals surface area contributed by atoms with E-state index in [1.54, 1.807) is 0 Å². The molecular weight excluding hydrogens is 254 g/mol. The second-order valence-corrected chi connectivity index (χ2v) is 8.78. The minimum absolute atomic E-state index is 0.0117. The van der Waals surface area contributed by atoms with Crippen molar-refractivity contribution in [2.45, 2.75) is 85.9 Å². The molecule has 2 atom stereocenters. The molecule has 2 aliphatic heterocycles. The molecule has 0 spiro atoms. The van der Waals surface area contributed by atoms with Gasteiger partial charge in [-0.3, -0.25) is 9.79 Å². The lowest BCUT2D eigenvalue weighted by Gasteiger charge is -2.52. The molecule has 2 heterocycles. The summed E-state index contributed by atoms with van der Waals surface area (Å²) in [6.07, 6.45) is -0.199. The highest BCUT2D eigenvalue weighted by molar-refractivity contribution is 5.76. The Labute approximate surface area is 122 Å². The van der Waals surface area contributed by atoms with E-state index >= 15 is 0 Å². The third-order valence-electron chi connectivity index (χ3n) is 3.64. The van der Waals surface area contributed by atoms with Crippen molar-refractivity contribution < 1.29 is 9.78 Å². The summed E-state index contributed by atoms with van der Waals surface area (Å²) < 4.78 is 0. The summed E-state index contributed by atoms with van der Waals surface area (Å²) in [5.41, 5.74) is -0.168. The Kier molecular flexibility index (Phi) is 3.38. The lowest BCUT2D eigenvalue weighted by molar-refractivity contribution is -0.301. The van der Waals surface area contributed by atoms with Crippen LogP contribution < -0.4 is 0 Å². The Morgan fingerprint density at radius 2 is 1.45 bits per heavy atom. The van der Waals surface area contributed by atoms with E-state index in [9.17, 15) is 0 Å². The van der Waals surface area contributed by atoms with Crippen molar-refractivity contribution in [2.24, 2.45) is 10.4 Å². The average Bonchev–Trinajstić information content (AvgIpc) is 2.48. The predicted octanol–water partition coefficient (Wildman–Crippen LogP) is 3.17. The maximum absolute atomic E-state index is 5.60. The number of nitrogens with zero attached hydrogens (tertiary/aromatic N) is 3. The summed E-state index contributed by atoms with van der Waals surface area (Å²) in [4.78, 5) is 20.2. The summed E-state index contributed by atoms with van der Waals surface area (Å²) >= 11 is 0. The van der Waals surface area contributed by atoms with Crippen LogP contribution in [0.5, 0.6) is 0 Å². The van der Waals surface area contributed by atoms with Crippen LogP contribution in [0.2, 0.25) is 0 Å². The van der Waals surface area contributed by atoms with E-state index in [0.717, 1.165) is 0 Å². The summed E-state index contributed by atoms with van der Waals surface area (Å²) in [6.45, 7) is 19.6. The van der Waals surface area contributed by atoms with Crippen LogP contribution in [-0.2, 0) is 9.78 Å². The van der Waals surface area contributed by atoms with E-state index in [-0.39, 0.29) is 29.0 Å². The maximum atomic E-state index is 5.60. The topological polar surface area (TPSA) is 37.3 Å². The zero-order valence-corrected chi connectivity index (χ0v) is 14.3. The molecule has 1 fully saturated rings. The molecular formula is C15H29N3O2. The lowest BCUT2D eigenvalue weighted by atomic mass is 9.88. The number of hydrogen-bond donors (Lipinski definition) is 0. The van der Waals surface area contributed by atoms with E-state index in [2.05, 4.69) is 72.1 Å². The fourth-order valence-corrected chi connectivity index (χ4v) is 2.73. The minimum atomic E-state index is -0.230. The number of aliphatic imine (C=N–C) groups is 1. The van der Waals surface area contributed by atoms with E-state index in [1.807, 2.05) is 0 Å². The third-order valence-corrected chi connectivity index (χ3v) is 3.64. The highest BCUT2D eigenvalue weighted by atomic mass is 17.2. The Balaban J connectivity index is 2.51. The van der Waals surface area contributed by atoms with Gasteiger partial charge in [-0.25, -0.2) is 9.89 Å². The third kappa shape index (κ3) is 2.53. The van der Waals surface area contributed by atoms with E-state index in [1.165, 1.54) is 0 Å². The normalized spacial score (nSPS) is 28.4. The van der Waals surface area contributed by atoms with Crippen LogP contribution in [0.4, 0.5) is 0 Å². The smallest absolute Gasteiger partial charge is 0.294 e. The first kappa shape index (κ1) is 15.6. The Morgan fingerprint density at radius 3 is 1.85 bits per heavy atom. The fraction of sp³-hybridized carbons (Fsp3) is 0.933. The van der Waals surface area contributed by atoms with Gasteiger partial charge in [-0.2, -0.15) is 0 Å². The van der Waals surface area contributed by atoms with E-state index < -0.39 is 0 Å². The van der Waals surface area contributed by atoms with Crippen molar-refractivity contribution >= 4 is 6.02 Å². The number of rotatable bonds is 0. The molecule has 0 radical (unpaired) electrons. The average molecular weight is 283 g/mol. The molecule has 2 unspecified atom stereocenters. The van der Waals surface area contributed by atoms with Gasteiger partial charge in [0, 0.05) is 11.1 Å². The minimum Gasteiger partial charge on any atom is -0.294 e. The molecule has 5 nitrogen and oxygen atoms in total. The maximum Gasteiger partial charge on any atom is 0.330 e. The van der Waals surface area contributed by atoms with Gasteiger partial charge in [-0.15, -0.1) is 4.89 Å². The lowest BCUT2D eigenvalue weighted by Crippen LogP contribution is -2.66. The molecule has 0 aromatic carbocycles. The SMILES string of the molecule is CC(C)(C)C1N=C2OOC(N2C(C)(C)C)N1C(C)(C)C. The van der Waals surface area contributed by atoms with Crippen molar-refractivity contribution in [3.63, 3.8) is 0 Å². The second kappa shape index (κ2) is 4.34. The Bertz CT molecular complexity index is 412. The van der Waals surface area contributed by atoms with Gasteiger partial charge in [0.05, 0.1) is 0 Å². The van der Waals surface area contributed by atoms with Gasteiger partial charge in [0.2, 0.25) is 6.35 Å². The molecule has 0 aromatic rings. The van der Waals surface area contributed by atoms with Gasteiger partial charge in [0.15, 0.2) is 0 Å². The first-order chi connectivity index (χ1) is 8.83. The Hall–Kier alpha value is -0.810. The molecule has 1 saturated heterocycles. The van der Waals surface area contributed by atoms with Gasteiger partial charge < -0.3 is 0 Å². The highest BCUT2D eigenvalue weighted by Gasteiger charge is 2.55. The van der Waals surface area contributed by atoms with Crippen molar-refractivity contribution in [3.05, 3.63) is 0 Å². The number of hydrogen-bond acceptors (Lipinski definition) is 5. The molecule has 0 aliphatic carbocycles. The van der Waals surface area contributed by atoms with Crippen molar-refractivity contribution in [1.82, 2.24) is 9.80 Å². The summed E-state index contributed by atoms with van der Waals surface area (Å²) in [5.74, 6) is 0. The molecule has 0 N–H and O–H groups in total. The van der Waals surface area contributed by atoms with Gasteiger partial charge in [0.1, 0.15) is 6.17 Å². The largest absolute Gasteiger partial charge is 0.330 e. The standard InChI is InChI=1S/C15H29N3O2/c1-13(2,3)10-16-11-18(15(7,8)9)12(20-19-11)17(10)14(4,5)6/h10,12H,1-9H3. The zero-order valence-electron chi connectivity index (χ0n) is 14.3. The van der Waals surface area contributed by atoms with Crippen LogP contribution in [0.25, 0.3) is 0 Å². The molecule has 0 aromatic heterocycles. The summed E-state index contributed by atoms with van der Waals surface area (Å²) in [5, 5.41) is 0. The monoisotopic (exact) mass is 283 g/mol. The highest BCUT2D eigenvalue weighted by Crippen LogP contribution is 2.41. The molecule has 5 heteroatoms.